The Balaban J connectivity index is 2.25. The highest BCUT2D eigenvalue weighted by atomic mass is 19.1. The molecule has 0 saturated carbocycles. The predicted molar refractivity (Wildman–Crippen MR) is 60.8 cm³/mol. The number of benzene rings is 1. The molecule has 92 valence electrons. The van der Waals surface area contributed by atoms with Crippen LogP contribution in [0.3, 0.4) is 0 Å². The molecule has 5 heteroatoms. The van der Waals surface area contributed by atoms with Crippen molar-refractivity contribution in [2.45, 2.75) is 19.4 Å². The second-order valence-electron chi connectivity index (χ2n) is 4.30. The minimum Gasteiger partial charge on any atom is -0.369 e. The Labute approximate surface area is 98.4 Å². The van der Waals surface area contributed by atoms with E-state index in [-0.39, 0.29) is 11.6 Å². The fraction of sp³-hybridized carbons (Fsp3) is 0.417. The molecule has 1 heterocycles. The van der Waals surface area contributed by atoms with Gasteiger partial charge in [-0.25, -0.2) is 8.78 Å². The van der Waals surface area contributed by atoms with Crippen molar-refractivity contribution in [2.75, 3.05) is 18.9 Å². The highest BCUT2D eigenvalue weighted by molar-refractivity contribution is 5.86. The van der Waals surface area contributed by atoms with Gasteiger partial charge in [0.25, 0.3) is 0 Å². The fourth-order valence-corrected chi connectivity index (χ4v) is 1.92. The van der Waals surface area contributed by atoms with E-state index in [0.717, 1.165) is 0 Å². The number of nitrogens with zero attached hydrogens (tertiary/aromatic N) is 1. The van der Waals surface area contributed by atoms with Gasteiger partial charge < -0.3 is 10.2 Å². The van der Waals surface area contributed by atoms with Crippen LogP contribution < -0.4 is 5.32 Å². The number of aryl methyl sites for hydroxylation is 1. The summed E-state index contributed by atoms with van der Waals surface area (Å²) < 4.78 is 27.2. The zero-order valence-electron chi connectivity index (χ0n) is 9.76. The molecular weight excluding hydrogens is 226 g/mol. The van der Waals surface area contributed by atoms with Gasteiger partial charge in [-0.1, -0.05) is 6.07 Å². The average Bonchev–Trinajstić information content (AvgIpc) is 2.61. The number of rotatable bonds is 2. The van der Waals surface area contributed by atoms with E-state index in [9.17, 15) is 13.6 Å². The summed E-state index contributed by atoms with van der Waals surface area (Å²) in [5, 5.41) is 2.66. The Morgan fingerprint density at radius 2 is 2.12 bits per heavy atom. The Bertz CT molecular complexity index is 462. The van der Waals surface area contributed by atoms with Crippen molar-refractivity contribution in [2.24, 2.45) is 0 Å². The molecule has 1 aromatic rings. The maximum absolute atomic E-state index is 13.7. The quantitative estimate of drug-likeness (QED) is 0.856. The minimum absolute atomic E-state index is 0.134. The molecule has 0 bridgehead atoms. The van der Waals surface area contributed by atoms with E-state index in [0.29, 0.717) is 18.5 Å². The van der Waals surface area contributed by atoms with Crippen LogP contribution in [0, 0.1) is 18.6 Å². The molecule has 17 heavy (non-hydrogen) atoms. The standard InChI is InChI=1S/C12H14F2N2O/c1-7-3-4-8(13)11(10(7)14)15-9-5-6-16(2)12(9)17/h3-4,9,15H,5-6H2,1-2H3. The van der Waals surface area contributed by atoms with E-state index in [1.807, 2.05) is 0 Å². The van der Waals surface area contributed by atoms with E-state index in [1.54, 1.807) is 18.9 Å². The first-order chi connectivity index (χ1) is 8.00. The average molecular weight is 240 g/mol. The molecule has 1 unspecified atom stereocenters. The molecule has 3 nitrogen and oxygen atoms in total. The van der Waals surface area contributed by atoms with E-state index in [2.05, 4.69) is 5.32 Å². The molecule has 1 amide bonds. The Morgan fingerprint density at radius 3 is 2.71 bits per heavy atom. The number of carbonyl (C=O) groups is 1. The number of nitrogens with one attached hydrogen (secondary N) is 1. The molecule has 0 aromatic heterocycles. The highest BCUT2D eigenvalue weighted by Crippen LogP contribution is 2.24. The SMILES string of the molecule is Cc1ccc(F)c(NC2CCN(C)C2=O)c1F. The molecule has 0 spiro atoms. The van der Waals surface area contributed by atoms with Gasteiger partial charge in [0.05, 0.1) is 0 Å². The van der Waals surface area contributed by atoms with Crippen LogP contribution in [0.4, 0.5) is 14.5 Å². The lowest BCUT2D eigenvalue weighted by Gasteiger charge is -2.15. The van der Waals surface area contributed by atoms with Crippen LogP contribution >= 0.6 is 0 Å². The number of likely N-dealkylation sites (tertiary alicyclic amines) is 1. The minimum atomic E-state index is -0.671. The van der Waals surface area contributed by atoms with Gasteiger partial charge in [-0.3, -0.25) is 4.79 Å². The molecule has 1 aliphatic rings. The van der Waals surface area contributed by atoms with Crippen LogP contribution in [-0.4, -0.2) is 30.4 Å². The predicted octanol–water partition coefficient (Wildman–Crippen LogP) is 1.92. The number of carbonyl (C=O) groups excluding carboxylic acids is 1. The normalized spacial score (nSPS) is 19.9. The highest BCUT2D eigenvalue weighted by Gasteiger charge is 2.30. The van der Waals surface area contributed by atoms with E-state index in [4.69, 9.17) is 0 Å². The third kappa shape index (κ3) is 2.09. The van der Waals surface area contributed by atoms with Gasteiger partial charge >= 0.3 is 0 Å². The second kappa shape index (κ2) is 4.31. The third-order valence-corrected chi connectivity index (χ3v) is 3.03. The number of likely N-dealkylation sites (N-methyl/N-ethyl adjacent to an activating group) is 1. The Kier molecular flexibility index (Phi) is 3.00. The van der Waals surface area contributed by atoms with Crippen molar-refractivity contribution in [3.8, 4) is 0 Å². The fourth-order valence-electron chi connectivity index (χ4n) is 1.92. The zero-order valence-corrected chi connectivity index (χ0v) is 9.76. The van der Waals surface area contributed by atoms with Gasteiger partial charge in [-0.15, -0.1) is 0 Å². The third-order valence-electron chi connectivity index (χ3n) is 3.03. The van der Waals surface area contributed by atoms with E-state index in [1.165, 1.54) is 12.1 Å². The lowest BCUT2D eigenvalue weighted by atomic mass is 10.1. The molecule has 1 N–H and O–H groups in total. The van der Waals surface area contributed by atoms with Crippen LogP contribution in [0.2, 0.25) is 0 Å². The van der Waals surface area contributed by atoms with Crippen molar-refractivity contribution in [3.05, 3.63) is 29.3 Å². The maximum Gasteiger partial charge on any atom is 0.244 e. The Morgan fingerprint density at radius 1 is 1.41 bits per heavy atom. The van der Waals surface area contributed by atoms with Gasteiger partial charge in [0, 0.05) is 13.6 Å². The van der Waals surface area contributed by atoms with Gasteiger partial charge in [0.2, 0.25) is 5.91 Å². The summed E-state index contributed by atoms with van der Waals surface area (Å²) >= 11 is 0. The van der Waals surface area contributed by atoms with Crippen LogP contribution in [0.15, 0.2) is 12.1 Å². The Hall–Kier alpha value is -1.65. The summed E-state index contributed by atoms with van der Waals surface area (Å²) in [4.78, 5) is 13.2. The molecule has 1 atom stereocenters. The number of hydrogen-bond donors (Lipinski definition) is 1. The zero-order chi connectivity index (χ0) is 12.6. The van der Waals surface area contributed by atoms with Crippen LogP contribution in [0.1, 0.15) is 12.0 Å². The van der Waals surface area contributed by atoms with Crippen LogP contribution in [0.25, 0.3) is 0 Å². The number of hydrogen-bond acceptors (Lipinski definition) is 2. The van der Waals surface area contributed by atoms with E-state index >= 15 is 0 Å². The molecule has 0 radical (unpaired) electrons. The first kappa shape index (κ1) is 11.8. The van der Waals surface area contributed by atoms with Gasteiger partial charge in [0.1, 0.15) is 17.5 Å². The first-order valence-electron chi connectivity index (χ1n) is 5.47. The van der Waals surface area contributed by atoms with Crippen LogP contribution in [0.5, 0.6) is 0 Å². The van der Waals surface area contributed by atoms with Crippen LogP contribution in [-0.2, 0) is 4.79 Å². The van der Waals surface area contributed by atoms with Crippen molar-refractivity contribution in [1.29, 1.82) is 0 Å². The van der Waals surface area contributed by atoms with Gasteiger partial charge in [-0.05, 0) is 25.0 Å². The summed E-state index contributed by atoms with van der Waals surface area (Å²) in [6.07, 6.45) is 0.558. The molecule has 0 aliphatic carbocycles. The second-order valence-corrected chi connectivity index (χ2v) is 4.30. The van der Waals surface area contributed by atoms with Crippen molar-refractivity contribution in [3.63, 3.8) is 0 Å². The largest absolute Gasteiger partial charge is 0.369 e. The topological polar surface area (TPSA) is 32.3 Å². The monoisotopic (exact) mass is 240 g/mol. The summed E-state index contributed by atoms with van der Waals surface area (Å²) in [7, 11) is 1.67. The summed E-state index contributed by atoms with van der Waals surface area (Å²) in [6, 6.07) is 2.04. The first-order valence-corrected chi connectivity index (χ1v) is 5.47. The molecule has 2 rings (SSSR count). The maximum atomic E-state index is 13.7. The number of amides is 1. The summed E-state index contributed by atoms with van der Waals surface area (Å²) in [5.41, 5.74) is 0.145. The molecular formula is C12H14F2N2O. The molecule has 1 aromatic carbocycles. The number of halogens is 2. The van der Waals surface area contributed by atoms with Crippen molar-refractivity contribution in [1.82, 2.24) is 4.90 Å². The molecule has 1 aliphatic heterocycles. The van der Waals surface area contributed by atoms with Gasteiger partial charge in [0.15, 0.2) is 5.82 Å². The lowest BCUT2D eigenvalue weighted by Crippen LogP contribution is -2.31. The van der Waals surface area contributed by atoms with Crippen molar-refractivity contribution < 1.29 is 13.6 Å². The van der Waals surface area contributed by atoms with Gasteiger partial charge in [-0.2, -0.15) is 0 Å². The smallest absolute Gasteiger partial charge is 0.244 e. The number of anilines is 1. The van der Waals surface area contributed by atoms with Crippen molar-refractivity contribution >= 4 is 11.6 Å². The summed E-state index contributed by atoms with van der Waals surface area (Å²) in [5.74, 6) is -1.44. The summed E-state index contributed by atoms with van der Waals surface area (Å²) in [6.45, 7) is 2.16. The molecule has 1 fully saturated rings. The van der Waals surface area contributed by atoms with E-state index < -0.39 is 17.7 Å². The lowest BCUT2D eigenvalue weighted by molar-refractivity contribution is -0.127. The molecule has 1 saturated heterocycles.